The van der Waals surface area contributed by atoms with Gasteiger partial charge >= 0.3 is 0 Å². The van der Waals surface area contributed by atoms with Crippen LogP contribution < -0.4 is 11.1 Å². The number of halogens is 2. The number of nitrogens with one attached hydrogen (secondary N) is 1. The first-order valence-electron chi connectivity index (χ1n) is 5.78. The van der Waals surface area contributed by atoms with Crippen LogP contribution in [0, 0.1) is 11.7 Å². The van der Waals surface area contributed by atoms with Gasteiger partial charge in [-0.1, -0.05) is 26.0 Å². The van der Waals surface area contributed by atoms with E-state index < -0.39 is 6.04 Å². The van der Waals surface area contributed by atoms with Gasteiger partial charge in [-0.15, -0.1) is 12.4 Å². The van der Waals surface area contributed by atoms with Gasteiger partial charge in [-0.05, 0) is 30.0 Å². The molecule has 3 N–H and O–H groups in total. The minimum Gasteiger partial charge on any atom is -0.354 e. The summed E-state index contributed by atoms with van der Waals surface area (Å²) in [6, 6.07) is 5.78. The number of rotatable bonds is 5. The van der Waals surface area contributed by atoms with Crippen LogP contribution in [0.15, 0.2) is 24.3 Å². The molecule has 0 aromatic heterocycles. The molecule has 18 heavy (non-hydrogen) atoms. The van der Waals surface area contributed by atoms with Crippen molar-refractivity contribution in [3.8, 4) is 0 Å². The second kappa shape index (κ2) is 8.06. The Balaban J connectivity index is 0.00000289. The van der Waals surface area contributed by atoms with Crippen molar-refractivity contribution in [1.29, 1.82) is 0 Å². The van der Waals surface area contributed by atoms with Crippen LogP contribution in [-0.4, -0.2) is 18.5 Å². The van der Waals surface area contributed by atoms with Crippen molar-refractivity contribution in [1.82, 2.24) is 5.32 Å². The van der Waals surface area contributed by atoms with Crippen molar-refractivity contribution in [3.05, 3.63) is 35.6 Å². The molecule has 1 aromatic carbocycles. The molecule has 3 nitrogen and oxygen atoms in total. The van der Waals surface area contributed by atoms with Crippen LogP contribution >= 0.6 is 12.4 Å². The molecule has 1 rings (SSSR count). The van der Waals surface area contributed by atoms with Crippen LogP contribution in [-0.2, 0) is 11.2 Å². The number of hydrogen-bond donors (Lipinski definition) is 2. The lowest BCUT2D eigenvalue weighted by Crippen LogP contribution is -2.44. The number of benzene rings is 1. The summed E-state index contributed by atoms with van der Waals surface area (Å²) in [4.78, 5) is 11.5. The zero-order valence-electron chi connectivity index (χ0n) is 10.7. The van der Waals surface area contributed by atoms with Crippen LogP contribution in [0.3, 0.4) is 0 Å². The smallest absolute Gasteiger partial charge is 0.237 e. The van der Waals surface area contributed by atoms with Crippen molar-refractivity contribution in [3.63, 3.8) is 0 Å². The summed E-state index contributed by atoms with van der Waals surface area (Å²) in [5, 5.41) is 2.77. The second-order valence-corrected chi connectivity index (χ2v) is 4.44. The van der Waals surface area contributed by atoms with Crippen LogP contribution in [0.5, 0.6) is 0 Å². The standard InChI is InChI=1S/C13H19FN2O.ClH/c1-9(2)12(15)13(17)16-8-7-10-3-5-11(14)6-4-10;/h3-6,9,12H,7-8,15H2,1-2H3,(H,16,17);1H/t12-;/m1./s1. The van der Waals surface area contributed by atoms with Gasteiger partial charge in [-0.3, -0.25) is 4.79 Å². The molecule has 0 aliphatic rings. The quantitative estimate of drug-likeness (QED) is 0.862. The van der Waals surface area contributed by atoms with Gasteiger partial charge in [0.25, 0.3) is 0 Å². The van der Waals surface area contributed by atoms with E-state index in [1.54, 1.807) is 12.1 Å². The molecule has 0 saturated heterocycles. The van der Waals surface area contributed by atoms with Crippen molar-refractivity contribution in [2.45, 2.75) is 26.3 Å². The highest BCUT2D eigenvalue weighted by Crippen LogP contribution is 2.03. The Kier molecular flexibility index (Phi) is 7.55. The topological polar surface area (TPSA) is 55.1 Å². The van der Waals surface area contributed by atoms with Crippen LogP contribution in [0.4, 0.5) is 4.39 Å². The zero-order chi connectivity index (χ0) is 12.8. The van der Waals surface area contributed by atoms with Gasteiger partial charge in [0.2, 0.25) is 5.91 Å². The van der Waals surface area contributed by atoms with Gasteiger partial charge in [0.15, 0.2) is 0 Å². The molecule has 102 valence electrons. The van der Waals surface area contributed by atoms with E-state index in [2.05, 4.69) is 5.32 Å². The molecule has 0 unspecified atom stereocenters. The summed E-state index contributed by atoms with van der Waals surface area (Å²) in [5.41, 5.74) is 6.69. The Hall–Kier alpha value is -1.13. The molecule has 1 amide bonds. The van der Waals surface area contributed by atoms with Gasteiger partial charge in [-0.2, -0.15) is 0 Å². The van der Waals surface area contributed by atoms with Crippen LogP contribution in [0.2, 0.25) is 0 Å². The molecule has 0 spiro atoms. The van der Waals surface area contributed by atoms with Crippen molar-refractivity contribution in [2.24, 2.45) is 11.7 Å². The van der Waals surface area contributed by atoms with Crippen LogP contribution in [0.25, 0.3) is 0 Å². The lowest BCUT2D eigenvalue weighted by atomic mass is 10.0. The minimum atomic E-state index is -0.469. The Morgan fingerprint density at radius 1 is 1.33 bits per heavy atom. The largest absolute Gasteiger partial charge is 0.354 e. The number of amides is 1. The van der Waals surface area contributed by atoms with Gasteiger partial charge in [0, 0.05) is 6.54 Å². The maximum absolute atomic E-state index is 12.6. The normalized spacial score (nSPS) is 11.8. The average molecular weight is 275 g/mol. The number of hydrogen-bond acceptors (Lipinski definition) is 2. The lowest BCUT2D eigenvalue weighted by Gasteiger charge is -2.15. The van der Waals surface area contributed by atoms with Crippen molar-refractivity contribution in [2.75, 3.05) is 6.54 Å². The molecule has 5 heteroatoms. The van der Waals surface area contributed by atoms with E-state index in [0.717, 1.165) is 5.56 Å². The Morgan fingerprint density at radius 2 is 1.89 bits per heavy atom. The van der Waals surface area contributed by atoms with E-state index in [1.807, 2.05) is 13.8 Å². The molecule has 0 radical (unpaired) electrons. The van der Waals surface area contributed by atoms with Crippen molar-refractivity contribution < 1.29 is 9.18 Å². The predicted molar refractivity (Wildman–Crippen MR) is 73.2 cm³/mol. The maximum Gasteiger partial charge on any atom is 0.237 e. The molecule has 0 aliphatic heterocycles. The first kappa shape index (κ1) is 16.9. The fraction of sp³-hybridized carbons (Fsp3) is 0.462. The number of carbonyl (C=O) groups excluding carboxylic acids is 1. The minimum absolute atomic E-state index is 0. The van der Waals surface area contributed by atoms with E-state index in [-0.39, 0.29) is 30.0 Å². The van der Waals surface area contributed by atoms with Gasteiger partial charge in [0.05, 0.1) is 6.04 Å². The molecule has 0 fully saturated rings. The molecule has 0 heterocycles. The fourth-order valence-corrected chi connectivity index (χ4v) is 1.40. The van der Waals surface area contributed by atoms with E-state index in [0.29, 0.717) is 13.0 Å². The van der Waals surface area contributed by atoms with Gasteiger partial charge in [-0.25, -0.2) is 4.39 Å². The third kappa shape index (κ3) is 5.47. The molecular formula is C13H20ClFN2O. The lowest BCUT2D eigenvalue weighted by molar-refractivity contribution is -0.123. The fourth-order valence-electron chi connectivity index (χ4n) is 1.40. The first-order valence-corrected chi connectivity index (χ1v) is 5.78. The number of nitrogens with two attached hydrogens (primary N) is 1. The van der Waals surface area contributed by atoms with Crippen molar-refractivity contribution >= 4 is 18.3 Å². The molecular weight excluding hydrogens is 255 g/mol. The van der Waals surface area contributed by atoms with E-state index in [9.17, 15) is 9.18 Å². The monoisotopic (exact) mass is 274 g/mol. The Morgan fingerprint density at radius 3 is 2.39 bits per heavy atom. The van der Waals surface area contributed by atoms with E-state index in [1.165, 1.54) is 12.1 Å². The summed E-state index contributed by atoms with van der Waals surface area (Å²) in [7, 11) is 0. The SMILES string of the molecule is CC(C)[C@@H](N)C(=O)NCCc1ccc(F)cc1.Cl. The van der Waals surface area contributed by atoms with Crippen LogP contribution in [0.1, 0.15) is 19.4 Å². The Bertz CT molecular complexity index is 368. The van der Waals surface area contributed by atoms with E-state index >= 15 is 0 Å². The molecule has 1 aromatic rings. The highest BCUT2D eigenvalue weighted by Gasteiger charge is 2.16. The number of carbonyl (C=O) groups is 1. The maximum atomic E-state index is 12.6. The average Bonchev–Trinajstić information content (AvgIpc) is 2.30. The van der Waals surface area contributed by atoms with Gasteiger partial charge < -0.3 is 11.1 Å². The first-order chi connectivity index (χ1) is 8.00. The summed E-state index contributed by atoms with van der Waals surface area (Å²) < 4.78 is 12.6. The third-order valence-electron chi connectivity index (χ3n) is 2.65. The summed E-state index contributed by atoms with van der Waals surface area (Å²) in [6.07, 6.45) is 0.677. The zero-order valence-corrected chi connectivity index (χ0v) is 11.5. The molecule has 1 atom stereocenters. The summed E-state index contributed by atoms with van der Waals surface area (Å²) >= 11 is 0. The molecule has 0 aliphatic carbocycles. The second-order valence-electron chi connectivity index (χ2n) is 4.44. The van der Waals surface area contributed by atoms with Gasteiger partial charge in [0.1, 0.15) is 5.82 Å². The highest BCUT2D eigenvalue weighted by atomic mass is 35.5. The summed E-state index contributed by atoms with van der Waals surface area (Å²) in [5.74, 6) is -0.262. The Labute approximate surface area is 113 Å². The molecule has 0 bridgehead atoms. The molecule has 0 saturated carbocycles. The third-order valence-corrected chi connectivity index (χ3v) is 2.65. The summed E-state index contributed by atoms with van der Waals surface area (Å²) in [6.45, 7) is 4.33. The predicted octanol–water partition coefficient (Wildman–Crippen LogP) is 1.89. The highest BCUT2D eigenvalue weighted by molar-refractivity contribution is 5.85. The van der Waals surface area contributed by atoms with E-state index in [4.69, 9.17) is 5.73 Å².